The zero-order chi connectivity index (χ0) is 39.8. The number of nitrogens with one attached hydrogen (secondary N) is 3. The largest absolute Gasteiger partial charge is 0.471 e. The molecule has 0 spiro atoms. The molecule has 2 saturated carbocycles. The van der Waals surface area contributed by atoms with Crippen LogP contribution in [0.25, 0.3) is 28.4 Å². The first kappa shape index (κ1) is 39.1. The quantitative estimate of drug-likeness (QED) is 0.296. The number of amides is 4. The second kappa shape index (κ2) is 15.7. The molecule has 3 aromatic rings. The van der Waals surface area contributed by atoms with E-state index in [0.717, 1.165) is 18.4 Å². The fourth-order valence-electron chi connectivity index (χ4n) is 7.21. The van der Waals surface area contributed by atoms with E-state index in [4.69, 9.17) is 19.4 Å². The molecule has 2 aliphatic carbocycles. The smallest absolute Gasteiger partial charge is 0.407 e. The van der Waals surface area contributed by atoms with Crippen molar-refractivity contribution < 1.29 is 45.9 Å². The standard InChI is InChI=1S/C39H44F2N6O8S/c1-22(2)31-36(49)47-21-25(19-30(47)34(48)45-39(20-27(39)33(40)41)37(50)46-56(52,53)26-14-15-26)55-35-32(24-11-7-5-8-12-24)42-28-16-13-23(18-29(28)43-35)10-6-3-4-9-17-54-38(51)44-31/h5-8,10-13,16,18,22,25-27,30-31,33H,3-4,9,14-15,17,19-21H2,1-2H3,(H,44,51)(H,45,48)(H,46,50)/b10-6+/t25-,27+,30+,31+,39+/m1/s1. The van der Waals surface area contributed by atoms with E-state index in [0.29, 0.717) is 41.6 Å². The average Bonchev–Trinajstić information content (AvgIpc) is 4.09. The Morgan fingerprint density at radius 2 is 1.80 bits per heavy atom. The number of carbonyl (C=O) groups excluding carboxylic acids is 4. The molecular formula is C39H44F2N6O8S. The van der Waals surface area contributed by atoms with Crippen molar-refractivity contribution in [3.8, 4) is 17.1 Å². The first-order valence-corrected chi connectivity index (χ1v) is 20.4. The summed E-state index contributed by atoms with van der Waals surface area (Å²) in [6, 6.07) is 12.3. The van der Waals surface area contributed by atoms with Gasteiger partial charge in [-0.2, -0.15) is 0 Å². The van der Waals surface area contributed by atoms with Crippen LogP contribution in [0.2, 0.25) is 0 Å². The highest BCUT2D eigenvalue weighted by molar-refractivity contribution is 7.91. The van der Waals surface area contributed by atoms with Gasteiger partial charge in [0.1, 0.15) is 29.4 Å². The number of cyclic esters (lactones) is 1. The van der Waals surface area contributed by atoms with Crippen LogP contribution in [0.5, 0.6) is 5.88 Å². The predicted molar refractivity (Wildman–Crippen MR) is 201 cm³/mol. The maximum atomic E-state index is 14.4. The fraction of sp³-hybridized carbons (Fsp3) is 0.487. The van der Waals surface area contributed by atoms with Crippen molar-refractivity contribution in [3.63, 3.8) is 0 Å². The van der Waals surface area contributed by atoms with Crippen LogP contribution >= 0.6 is 0 Å². The molecule has 4 amide bonds. The number of ether oxygens (including phenoxy) is 2. The van der Waals surface area contributed by atoms with Crippen LogP contribution in [0.1, 0.15) is 64.4 Å². The minimum absolute atomic E-state index is 0.105. The first-order valence-electron chi connectivity index (χ1n) is 18.9. The molecule has 17 heteroatoms. The van der Waals surface area contributed by atoms with E-state index in [1.54, 1.807) is 13.8 Å². The normalized spacial score (nSPS) is 26.4. The van der Waals surface area contributed by atoms with E-state index in [1.807, 2.05) is 65.4 Å². The lowest BCUT2D eigenvalue weighted by molar-refractivity contribution is -0.142. The number of nitrogens with zero attached hydrogens (tertiary/aromatic N) is 3. The lowest BCUT2D eigenvalue weighted by Crippen LogP contribution is -2.59. The Bertz CT molecular complexity index is 2150. The Kier molecular flexibility index (Phi) is 11.0. The second-order valence-electron chi connectivity index (χ2n) is 15.2. The molecule has 14 nitrogen and oxygen atoms in total. The summed E-state index contributed by atoms with van der Waals surface area (Å²) in [4.78, 5) is 65.9. The molecule has 7 rings (SSSR count). The Hall–Kier alpha value is -5.19. The summed E-state index contributed by atoms with van der Waals surface area (Å²) < 4.78 is 67.4. The van der Waals surface area contributed by atoms with Gasteiger partial charge in [0.2, 0.25) is 34.1 Å². The van der Waals surface area contributed by atoms with Gasteiger partial charge >= 0.3 is 6.09 Å². The van der Waals surface area contributed by atoms with Gasteiger partial charge in [-0.15, -0.1) is 0 Å². The molecule has 4 aliphatic rings. The molecule has 0 radical (unpaired) electrons. The number of alkyl carbamates (subject to hydrolysis) is 1. The molecule has 3 N–H and O–H groups in total. The van der Waals surface area contributed by atoms with E-state index in [1.165, 1.54) is 4.90 Å². The third-order valence-electron chi connectivity index (χ3n) is 10.6. The van der Waals surface area contributed by atoms with Crippen molar-refractivity contribution in [3.05, 3.63) is 60.2 Å². The summed E-state index contributed by atoms with van der Waals surface area (Å²) in [5.41, 5.74) is 0.889. The van der Waals surface area contributed by atoms with Crippen LogP contribution in [0, 0.1) is 11.8 Å². The molecular weight excluding hydrogens is 751 g/mol. The number of carbonyl (C=O) groups is 4. The maximum Gasteiger partial charge on any atom is 0.407 e. The van der Waals surface area contributed by atoms with Gasteiger partial charge in [-0.1, -0.05) is 62.4 Å². The van der Waals surface area contributed by atoms with E-state index >= 15 is 0 Å². The molecule has 0 unspecified atom stereocenters. The van der Waals surface area contributed by atoms with E-state index in [-0.39, 0.29) is 25.5 Å². The van der Waals surface area contributed by atoms with Gasteiger partial charge < -0.3 is 25.0 Å². The number of hydrogen-bond donors (Lipinski definition) is 3. The van der Waals surface area contributed by atoms with Gasteiger partial charge in [-0.3, -0.25) is 19.1 Å². The molecule has 298 valence electrons. The van der Waals surface area contributed by atoms with Crippen molar-refractivity contribution in [2.24, 2.45) is 11.8 Å². The van der Waals surface area contributed by atoms with E-state index in [9.17, 15) is 36.4 Å². The number of sulfonamides is 1. The van der Waals surface area contributed by atoms with Crippen LogP contribution in [-0.2, 0) is 29.1 Å². The molecule has 3 fully saturated rings. The van der Waals surface area contributed by atoms with Gasteiger partial charge in [-0.05, 0) is 62.1 Å². The monoisotopic (exact) mass is 794 g/mol. The molecule has 3 heterocycles. The highest BCUT2D eigenvalue weighted by Gasteiger charge is 2.66. The number of halogens is 2. The van der Waals surface area contributed by atoms with Gasteiger partial charge in [0.25, 0.3) is 5.91 Å². The number of fused-ring (bicyclic) bond motifs is 4. The third kappa shape index (κ3) is 8.32. The number of benzene rings is 2. The molecule has 5 bridgehead atoms. The van der Waals surface area contributed by atoms with Gasteiger partial charge in [0.05, 0.1) is 35.4 Å². The zero-order valence-corrected chi connectivity index (χ0v) is 31.8. The van der Waals surface area contributed by atoms with Crippen molar-refractivity contribution in [1.29, 1.82) is 0 Å². The summed E-state index contributed by atoms with van der Waals surface area (Å²) in [6.07, 6.45) is 1.19. The van der Waals surface area contributed by atoms with Crippen LogP contribution in [-0.4, -0.2) is 95.7 Å². The summed E-state index contributed by atoms with van der Waals surface area (Å²) >= 11 is 0. The van der Waals surface area contributed by atoms with Gasteiger partial charge in [-0.25, -0.2) is 32.0 Å². The lowest BCUT2D eigenvalue weighted by atomic mass is 10.0. The van der Waals surface area contributed by atoms with Crippen LogP contribution in [0.3, 0.4) is 0 Å². The van der Waals surface area contributed by atoms with Crippen LogP contribution in [0.4, 0.5) is 13.6 Å². The maximum absolute atomic E-state index is 14.4. The number of alkyl halides is 2. The van der Waals surface area contributed by atoms with Gasteiger partial charge in [0, 0.05) is 12.0 Å². The Morgan fingerprint density at radius 3 is 2.50 bits per heavy atom. The molecule has 2 aliphatic heterocycles. The van der Waals surface area contributed by atoms with Crippen molar-refractivity contribution in [1.82, 2.24) is 30.2 Å². The number of rotatable bonds is 8. The highest BCUT2D eigenvalue weighted by atomic mass is 32.2. The van der Waals surface area contributed by atoms with Crippen molar-refractivity contribution >= 4 is 50.9 Å². The second-order valence-corrected chi connectivity index (χ2v) is 17.1. The minimum atomic E-state index is -4.13. The summed E-state index contributed by atoms with van der Waals surface area (Å²) in [6.45, 7) is 3.32. The number of allylic oxidation sites excluding steroid dienone is 1. The highest BCUT2D eigenvalue weighted by Crippen LogP contribution is 2.48. The van der Waals surface area contributed by atoms with Crippen LogP contribution in [0.15, 0.2) is 54.6 Å². The van der Waals surface area contributed by atoms with Gasteiger partial charge in [0.15, 0.2) is 0 Å². The summed E-state index contributed by atoms with van der Waals surface area (Å²) in [7, 11) is -4.13. The van der Waals surface area contributed by atoms with E-state index < -0.39 is 87.5 Å². The molecule has 5 atom stereocenters. The van der Waals surface area contributed by atoms with Crippen LogP contribution < -0.4 is 20.1 Å². The van der Waals surface area contributed by atoms with Crippen molar-refractivity contribution in [2.75, 3.05) is 13.2 Å². The summed E-state index contributed by atoms with van der Waals surface area (Å²) in [5.74, 6) is -4.90. The third-order valence-corrected chi connectivity index (χ3v) is 12.4. The zero-order valence-electron chi connectivity index (χ0n) is 31.0. The fourth-order valence-corrected chi connectivity index (χ4v) is 8.57. The van der Waals surface area contributed by atoms with Crippen molar-refractivity contribution in [2.45, 2.75) is 94.2 Å². The van der Waals surface area contributed by atoms with E-state index in [2.05, 4.69) is 10.6 Å². The number of aromatic nitrogens is 2. The molecule has 1 aromatic heterocycles. The Labute approximate surface area is 322 Å². The lowest BCUT2D eigenvalue weighted by Gasteiger charge is -2.31. The Balaban J connectivity index is 1.25. The first-order chi connectivity index (χ1) is 26.8. The molecule has 1 saturated heterocycles. The summed E-state index contributed by atoms with van der Waals surface area (Å²) in [5, 5.41) is 4.23. The Morgan fingerprint density at radius 1 is 1.04 bits per heavy atom. The molecule has 2 aromatic carbocycles. The topological polar surface area (TPSA) is 186 Å². The number of hydrogen-bond acceptors (Lipinski definition) is 10. The minimum Gasteiger partial charge on any atom is -0.471 e. The average molecular weight is 795 g/mol. The SMILES string of the molecule is CC(C)[C@@H]1NC(=O)OCCCC/C=C/c2ccc3nc(-c4ccccc4)c(nc3c2)O[C@@H]2C[C@@H](C(=O)N[C@@]3(C(=O)NS(=O)(=O)C4CC4)C[C@H]3C(F)F)N(C2)C1=O. The molecule has 56 heavy (non-hydrogen) atoms. The predicted octanol–water partition coefficient (Wildman–Crippen LogP) is 4.34.